The Labute approximate surface area is 233 Å². The van der Waals surface area contributed by atoms with Crippen LogP contribution in [0.2, 0.25) is 0 Å². The fraction of sp³-hybridized carbons (Fsp3) is 0.650. The maximum atomic E-state index is 13.2. The molecule has 1 fully saturated rings. The normalized spacial score (nSPS) is 22.7. The molecule has 1 N–H and O–H groups in total. The number of allylic oxidation sites excluding steroid dienone is 1. The number of nitrogens with one attached hydrogen (secondary N) is 1. The van der Waals surface area contributed by atoms with E-state index in [1.165, 1.54) is 14.2 Å². The molecule has 0 saturated carbocycles. The number of likely N-dealkylation sites (tertiary alicyclic amines) is 1. The van der Waals surface area contributed by atoms with Gasteiger partial charge in [-0.3, -0.25) is 0 Å². The molecule has 20 heteroatoms. The van der Waals surface area contributed by atoms with Crippen molar-refractivity contribution in [2.45, 2.75) is 67.5 Å². The zero-order valence-corrected chi connectivity index (χ0v) is 24.7. The molecule has 4 atom stereocenters. The molecule has 3 rings (SSSR count). The summed E-state index contributed by atoms with van der Waals surface area (Å²) >= 11 is -4.42. The second kappa shape index (κ2) is 13.3. The van der Waals surface area contributed by atoms with E-state index in [1.54, 1.807) is 12.2 Å². The van der Waals surface area contributed by atoms with E-state index in [-0.39, 0.29) is 11.3 Å². The van der Waals surface area contributed by atoms with Gasteiger partial charge in [-0.2, -0.15) is 13.2 Å². The van der Waals surface area contributed by atoms with E-state index >= 15 is 0 Å². The van der Waals surface area contributed by atoms with E-state index in [1.807, 2.05) is 11.8 Å². The Morgan fingerprint density at radius 3 is 2.52 bits per heavy atom. The Hall–Kier alpha value is -2.10. The molecule has 0 amide bonds. The van der Waals surface area contributed by atoms with Crippen molar-refractivity contribution >= 4 is 42.5 Å². The third kappa shape index (κ3) is 7.39. The van der Waals surface area contributed by atoms with Crippen molar-refractivity contribution in [1.82, 2.24) is 18.6 Å². The molecule has 0 bridgehead atoms. The third-order valence-electron chi connectivity index (χ3n) is 5.78. The van der Waals surface area contributed by atoms with Crippen LogP contribution in [0.15, 0.2) is 33.7 Å². The summed E-state index contributed by atoms with van der Waals surface area (Å²) in [4.78, 5) is 13.5. The molecule has 2 aliphatic rings. The summed E-state index contributed by atoms with van der Waals surface area (Å²) in [6.07, 6.45) is -7.94. The molecule has 4 unspecified atom stereocenters. The third-order valence-corrected chi connectivity index (χ3v) is 9.46. The topological polar surface area (TPSA) is 128 Å². The predicted molar refractivity (Wildman–Crippen MR) is 123 cm³/mol. The maximum absolute atomic E-state index is 13.2. The molecule has 1 aliphatic carbocycles. The summed E-state index contributed by atoms with van der Waals surface area (Å²) in [6.45, 7) is 1.88. The second-order valence-electron chi connectivity index (χ2n) is 8.31. The number of hydrogen-bond donors (Lipinski definition) is 1. The molecule has 222 valence electrons. The van der Waals surface area contributed by atoms with E-state index in [2.05, 4.69) is 28.7 Å². The number of nitrogens with zero attached hydrogens (tertiary/aromatic N) is 5. The SMILES string of the molecule is CCC(OC)N1C2=CC([NH][Sn](=[O])[CH](F)F)C(N=Nc3nnc(C(=O)OC(F)(F)C(F)(F)F)s3)C=C2CCC1OC. The summed E-state index contributed by atoms with van der Waals surface area (Å²) in [6, 6.07) is -2.03. The van der Waals surface area contributed by atoms with Gasteiger partial charge >= 0.3 is 221 Å². The van der Waals surface area contributed by atoms with Crippen LogP contribution in [0.25, 0.3) is 0 Å². The number of ether oxygens (including phenoxy) is 3. The van der Waals surface area contributed by atoms with Crippen molar-refractivity contribution in [1.29, 1.82) is 0 Å². The van der Waals surface area contributed by atoms with Crippen LogP contribution in [0.1, 0.15) is 36.0 Å². The van der Waals surface area contributed by atoms with E-state index in [4.69, 9.17) is 9.47 Å². The molecule has 11 nitrogen and oxygen atoms in total. The number of esters is 1. The summed E-state index contributed by atoms with van der Waals surface area (Å²) in [5.74, 6) is -2.09. The summed E-state index contributed by atoms with van der Waals surface area (Å²) < 4.78 is 115. The van der Waals surface area contributed by atoms with Crippen LogP contribution < -0.4 is 3.54 Å². The standard InChI is InChI=1S/C19H22F5N6O4S.CHF2.O.Sn/c1-4-13(32-2)30-12-8-10(25)11(7-9(12)5-6-14(30)33-3)26-28-17-29-27-15(35-17)16(31)34-19(23,24)18(20,21)22;2-1-3;;/h7-8,10-11,13-14,25H,4-6H2,1-3H3;1H;;/q-1;;;+1. The van der Waals surface area contributed by atoms with E-state index in [9.17, 15) is 38.6 Å². The molecule has 0 radical (unpaired) electrons. The van der Waals surface area contributed by atoms with Gasteiger partial charge in [-0.05, 0) is 0 Å². The Morgan fingerprint density at radius 1 is 1.25 bits per heavy atom. The van der Waals surface area contributed by atoms with Crippen molar-refractivity contribution in [3.63, 3.8) is 0 Å². The number of halogens is 7. The molecule has 40 heavy (non-hydrogen) atoms. The Morgan fingerprint density at radius 2 is 1.95 bits per heavy atom. The predicted octanol–water partition coefficient (Wildman–Crippen LogP) is 4.26. The van der Waals surface area contributed by atoms with Gasteiger partial charge in [0.1, 0.15) is 0 Å². The number of fused-ring (bicyclic) bond motifs is 1. The zero-order valence-electron chi connectivity index (χ0n) is 21.0. The number of aromatic nitrogens is 2. The molecule has 1 aromatic rings. The summed E-state index contributed by atoms with van der Waals surface area (Å²) in [5.41, 5.74) is 1.35. The second-order valence-corrected chi connectivity index (χ2v) is 13.4. The van der Waals surface area contributed by atoms with Gasteiger partial charge in [-0.15, -0.1) is 0 Å². The van der Waals surface area contributed by atoms with Crippen molar-refractivity contribution in [2.75, 3.05) is 14.2 Å². The number of piperidine rings is 1. The van der Waals surface area contributed by atoms with Gasteiger partial charge in [0.2, 0.25) is 0 Å². The van der Waals surface area contributed by atoms with Crippen LogP contribution >= 0.6 is 11.3 Å². The zero-order chi connectivity index (χ0) is 29.8. The number of carbonyl (C=O) groups is 1. The number of alkyl halides is 7. The van der Waals surface area contributed by atoms with Gasteiger partial charge in [-0.1, -0.05) is 0 Å². The minimum absolute atomic E-state index is 0.212. The monoisotopic (exact) mass is 712 g/mol. The van der Waals surface area contributed by atoms with Crippen LogP contribution in [0.4, 0.5) is 35.9 Å². The summed E-state index contributed by atoms with van der Waals surface area (Å²) in [7, 11) is 3.02. The molecule has 0 aromatic carbocycles. The van der Waals surface area contributed by atoms with E-state index in [0.717, 1.165) is 5.57 Å². The first kappa shape index (κ1) is 32.4. The van der Waals surface area contributed by atoms with Crippen molar-refractivity contribution in [3.8, 4) is 0 Å². The molecule has 1 aromatic heterocycles. The number of azo groups is 1. The first-order valence-corrected chi connectivity index (χ1v) is 16.6. The van der Waals surface area contributed by atoms with E-state index < -0.39 is 77.4 Å². The fourth-order valence-corrected chi connectivity index (χ4v) is 6.56. The average Bonchev–Trinajstić information content (AvgIpc) is 3.36. The fourth-order valence-electron chi connectivity index (χ4n) is 3.99. The van der Waals surface area contributed by atoms with Crippen LogP contribution in [0.5, 0.6) is 0 Å². The van der Waals surface area contributed by atoms with Gasteiger partial charge in [0, 0.05) is 0 Å². The van der Waals surface area contributed by atoms with Crippen molar-refractivity contribution in [3.05, 3.63) is 28.4 Å². The van der Waals surface area contributed by atoms with Crippen LogP contribution in [-0.2, 0) is 17.3 Å². The Kier molecular flexibility index (Phi) is 10.7. The van der Waals surface area contributed by atoms with Gasteiger partial charge < -0.3 is 0 Å². The molecule has 0 spiro atoms. The first-order chi connectivity index (χ1) is 18.7. The van der Waals surface area contributed by atoms with Crippen LogP contribution in [-0.4, -0.2) is 96.6 Å². The molecular weight excluding hydrogens is 688 g/mol. The van der Waals surface area contributed by atoms with Gasteiger partial charge in [0.05, 0.1) is 0 Å². The van der Waals surface area contributed by atoms with Gasteiger partial charge in [0.15, 0.2) is 0 Å². The molecule has 2 heterocycles. The number of rotatable bonds is 11. The van der Waals surface area contributed by atoms with Gasteiger partial charge in [0.25, 0.3) is 0 Å². The van der Waals surface area contributed by atoms with Crippen LogP contribution in [0.3, 0.4) is 0 Å². The number of methoxy groups -OCH3 is 2. The molecule has 1 aliphatic heterocycles. The molecule has 1 saturated heterocycles. The Bertz CT molecular complexity index is 1170. The van der Waals surface area contributed by atoms with Crippen molar-refractivity contribution in [2.24, 2.45) is 10.2 Å². The minimum atomic E-state index is -6.14. The summed E-state index contributed by atoms with van der Waals surface area (Å²) in [5, 5.41) is 13.0. The molecular formula is C20H23F7N6O5SSn. The number of hydrogen-bond acceptors (Lipinski definition) is 11. The number of carbonyl (C=O) groups excluding carboxylic acids is 1. The van der Waals surface area contributed by atoms with Gasteiger partial charge in [-0.25, -0.2) is 0 Å². The Balaban J connectivity index is 1.88. The van der Waals surface area contributed by atoms with Crippen LogP contribution in [0, 0.1) is 0 Å². The first-order valence-electron chi connectivity index (χ1n) is 11.5. The van der Waals surface area contributed by atoms with Crippen molar-refractivity contribution < 1.29 is 52.8 Å². The quantitative estimate of drug-likeness (QED) is 0.155. The average molecular weight is 711 g/mol. The van der Waals surface area contributed by atoms with E-state index in [0.29, 0.717) is 25.0 Å².